The lowest BCUT2D eigenvalue weighted by molar-refractivity contribution is 0.453. The summed E-state index contributed by atoms with van der Waals surface area (Å²) in [4.78, 5) is 2.40. The van der Waals surface area contributed by atoms with Crippen molar-refractivity contribution in [3.8, 4) is 0 Å². The Balaban J connectivity index is 2.35. The zero-order valence-electron chi connectivity index (χ0n) is 10.1. The van der Waals surface area contributed by atoms with Crippen LogP contribution in [-0.2, 0) is 0 Å². The van der Waals surface area contributed by atoms with Crippen LogP contribution in [0.5, 0.6) is 0 Å². The average molecular weight is 283 g/mol. The van der Waals surface area contributed by atoms with E-state index in [4.69, 9.17) is 5.73 Å². The predicted octanol–water partition coefficient (Wildman–Crippen LogP) is 3.07. The summed E-state index contributed by atoms with van der Waals surface area (Å²) in [5, 5.41) is 0. The van der Waals surface area contributed by atoms with Crippen LogP contribution in [0.25, 0.3) is 0 Å². The van der Waals surface area contributed by atoms with Gasteiger partial charge in [-0.3, -0.25) is 0 Å². The van der Waals surface area contributed by atoms with Gasteiger partial charge in [0.25, 0.3) is 0 Å². The standard InChI is InChI=1S/C13H19BrN2/c1-9-4-5-10(8-11(9)14)16-7-6-12(15)13(16,2)3/h4-5,8,12H,6-7,15H2,1-3H3. The minimum Gasteiger partial charge on any atom is -0.365 e. The van der Waals surface area contributed by atoms with Gasteiger partial charge in [0.2, 0.25) is 0 Å². The van der Waals surface area contributed by atoms with E-state index in [0.717, 1.165) is 13.0 Å². The van der Waals surface area contributed by atoms with Gasteiger partial charge in [0.15, 0.2) is 0 Å². The Labute approximate surface area is 106 Å². The molecule has 88 valence electrons. The molecule has 1 fully saturated rings. The van der Waals surface area contributed by atoms with E-state index in [1.54, 1.807) is 0 Å². The number of halogens is 1. The largest absolute Gasteiger partial charge is 0.365 e. The van der Waals surface area contributed by atoms with Gasteiger partial charge in [0.05, 0.1) is 0 Å². The Hall–Kier alpha value is -0.540. The van der Waals surface area contributed by atoms with Crippen molar-refractivity contribution in [3.05, 3.63) is 28.2 Å². The SMILES string of the molecule is Cc1ccc(N2CCC(N)C2(C)C)cc1Br. The van der Waals surface area contributed by atoms with E-state index >= 15 is 0 Å². The number of rotatable bonds is 1. The number of aryl methyl sites for hydroxylation is 1. The van der Waals surface area contributed by atoms with Crippen LogP contribution >= 0.6 is 15.9 Å². The van der Waals surface area contributed by atoms with Crippen LogP contribution in [0.1, 0.15) is 25.8 Å². The highest BCUT2D eigenvalue weighted by Crippen LogP contribution is 2.34. The van der Waals surface area contributed by atoms with E-state index in [1.165, 1.54) is 15.7 Å². The molecule has 1 unspecified atom stereocenters. The van der Waals surface area contributed by atoms with Gasteiger partial charge < -0.3 is 10.6 Å². The second-order valence-corrected chi connectivity index (χ2v) is 5.99. The first kappa shape index (κ1) is 11.9. The smallest absolute Gasteiger partial charge is 0.0497 e. The van der Waals surface area contributed by atoms with Gasteiger partial charge in [-0.05, 0) is 44.9 Å². The van der Waals surface area contributed by atoms with E-state index in [1.807, 2.05) is 0 Å². The molecule has 0 spiro atoms. The molecule has 1 heterocycles. The van der Waals surface area contributed by atoms with E-state index in [2.05, 4.69) is 59.8 Å². The molecule has 2 N–H and O–H groups in total. The number of hydrogen-bond acceptors (Lipinski definition) is 2. The molecule has 0 saturated carbocycles. The molecule has 0 bridgehead atoms. The van der Waals surface area contributed by atoms with Crippen molar-refractivity contribution in [1.82, 2.24) is 0 Å². The number of nitrogens with two attached hydrogens (primary N) is 1. The maximum absolute atomic E-state index is 6.15. The Morgan fingerprint density at radius 2 is 2.12 bits per heavy atom. The summed E-state index contributed by atoms with van der Waals surface area (Å²) in [7, 11) is 0. The van der Waals surface area contributed by atoms with E-state index in [0.29, 0.717) is 0 Å². The molecule has 1 aliphatic rings. The molecular weight excluding hydrogens is 264 g/mol. The third kappa shape index (κ3) is 1.87. The summed E-state index contributed by atoms with van der Waals surface area (Å²) in [6.45, 7) is 7.59. The fourth-order valence-corrected chi connectivity index (χ4v) is 2.69. The van der Waals surface area contributed by atoms with Crippen LogP contribution in [0.3, 0.4) is 0 Å². The van der Waals surface area contributed by atoms with Crippen LogP contribution < -0.4 is 10.6 Å². The number of nitrogens with zero attached hydrogens (tertiary/aromatic N) is 1. The summed E-state index contributed by atoms with van der Waals surface area (Å²) in [6, 6.07) is 6.78. The molecule has 3 heteroatoms. The fraction of sp³-hybridized carbons (Fsp3) is 0.538. The van der Waals surface area contributed by atoms with E-state index in [-0.39, 0.29) is 11.6 Å². The van der Waals surface area contributed by atoms with Gasteiger partial charge in [-0.25, -0.2) is 0 Å². The maximum atomic E-state index is 6.15. The highest BCUT2D eigenvalue weighted by molar-refractivity contribution is 9.10. The zero-order chi connectivity index (χ0) is 11.9. The molecule has 1 atom stereocenters. The lowest BCUT2D eigenvalue weighted by Crippen LogP contribution is -2.48. The third-order valence-corrected chi connectivity index (χ3v) is 4.59. The monoisotopic (exact) mass is 282 g/mol. The first-order chi connectivity index (χ1) is 7.43. The molecule has 0 amide bonds. The second kappa shape index (κ2) is 4.04. The third-order valence-electron chi connectivity index (χ3n) is 3.73. The highest BCUT2D eigenvalue weighted by Gasteiger charge is 2.39. The molecular formula is C13H19BrN2. The van der Waals surface area contributed by atoms with Crippen LogP contribution in [0.2, 0.25) is 0 Å². The van der Waals surface area contributed by atoms with Crippen molar-refractivity contribution in [1.29, 1.82) is 0 Å². The molecule has 0 aliphatic carbocycles. The number of benzene rings is 1. The van der Waals surface area contributed by atoms with Crippen LogP contribution in [0, 0.1) is 6.92 Å². The summed E-state index contributed by atoms with van der Waals surface area (Å²) in [5.74, 6) is 0. The zero-order valence-corrected chi connectivity index (χ0v) is 11.7. The minimum atomic E-state index is 0.0503. The van der Waals surface area contributed by atoms with Gasteiger partial charge in [-0.2, -0.15) is 0 Å². The normalized spacial score (nSPS) is 23.8. The molecule has 2 nitrogen and oxygen atoms in total. The first-order valence-corrected chi connectivity index (χ1v) is 6.51. The average Bonchev–Trinajstić information content (AvgIpc) is 2.47. The van der Waals surface area contributed by atoms with Gasteiger partial charge >= 0.3 is 0 Å². The Morgan fingerprint density at radius 1 is 1.44 bits per heavy atom. The van der Waals surface area contributed by atoms with E-state index in [9.17, 15) is 0 Å². The fourth-order valence-electron chi connectivity index (χ4n) is 2.32. The molecule has 1 saturated heterocycles. The summed E-state index contributed by atoms with van der Waals surface area (Å²) in [5.41, 5.74) is 8.73. The molecule has 2 rings (SSSR count). The van der Waals surface area contributed by atoms with Gasteiger partial charge in [0.1, 0.15) is 0 Å². The Bertz CT molecular complexity index is 401. The molecule has 1 aromatic rings. The van der Waals surface area contributed by atoms with E-state index < -0.39 is 0 Å². The van der Waals surface area contributed by atoms with Crippen molar-refractivity contribution in [2.45, 2.75) is 38.8 Å². The van der Waals surface area contributed by atoms with Crippen molar-refractivity contribution in [2.75, 3.05) is 11.4 Å². The molecule has 0 aromatic heterocycles. The van der Waals surface area contributed by atoms with Crippen LogP contribution in [0.4, 0.5) is 5.69 Å². The number of hydrogen-bond donors (Lipinski definition) is 1. The predicted molar refractivity (Wildman–Crippen MR) is 72.9 cm³/mol. The lowest BCUT2D eigenvalue weighted by Gasteiger charge is -2.36. The quantitative estimate of drug-likeness (QED) is 0.858. The topological polar surface area (TPSA) is 29.3 Å². The van der Waals surface area contributed by atoms with Crippen molar-refractivity contribution >= 4 is 21.6 Å². The Morgan fingerprint density at radius 3 is 2.62 bits per heavy atom. The second-order valence-electron chi connectivity index (χ2n) is 5.13. The van der Waals surface area contributed by atoms with Gasteiger partial charge in [-0.1, -0.05) is 22.0 Å². The number of anilines is 1. The lowest BCUT2D eigenvalue weighted by atomic mass is 9.96. The summed E-state index contributed by atoms with van der Waals surface area (Å²) < 4.78 is 1.17. The molecule has 1 aliphatic heterocycles. The van der Waals surface area contributed by atoms with Crippen molar-refractivity contribution in [3.63, 3.8) is 0 Å². The first-order valence-electron chi connectivity index (χ1n) is 5.72. The Kier molecular flexibility index (Phi) is 3.01. The highest BCUT2D eigenvalue weighted by atomic mass is 79.9. The van der Waals surface area contributed by atoms with Crippen LogP contribution in [0.15, 0.2) is 22.7 Å². The molecule has 0 radical (unpaired) electrons. The summed E-state index contributed by atoms with van der Waals surface area (Å²) >= 11 is 3.59. The van der Waals surface area contributed by atoms with Crippen molar-refractivity contribution < 1.29 is 0 Å². The molecule has 16 heavy (non-hydrogen) atoms. The minimum absolute atomic E-state index is 0.0503. The summed E-state index contributed by atoms with van der Waals surface area (Å²) in [6.07, 6.45) is 1.07. The van der Waals surface area contributed by atoms with Crippen LogP contribution in [-0.4, -0.2) is 18.1 Å². The maximum Gasteiger partial charge on any atom is 0.0497 e. The van der Waals surface area contributed by atoms with Gasteiger partial charge in [-0.15, -0.1) is 0 Å². The van der Waals surface area contributed by atoms with Crippen molar-refractivity contribution in [2.24, 2.45) is 5.73 Å². The van der Waals surface area contributed by atoms with Gasteiger partial charge in [0, 0.05) is 28.3 Å². The molecule has 1 aromatic carbocycles.